The smallest absolute Gasteiger partial charge is 0.410 e. The maximum Gasteiger partial charge on any atom is 0.410 e. The number of nitrogens with zero attached hydrogens (tertiary/aromatic N) is 1. The molecule has 0 radical (unpaired) electrons. The van der Waals surface area contributed by atoms with Gasteiger partial charge in [-0.3, -0.25) is 0 Å². The molecule has 1 aromatic carbocycles. The summed E-state index contributed by atoms with van der Waals surface area (Å²) in [7, 11) is 1.29. The van der Waals surface area contributed by atoms with Crippen molar-refractivity contribution in [1.82, 2.24) is 4.90 Å². The van der Waals surface area contributed by atoms with E-state index < -0.39 is 17.7 Å². The van der Waals surface area contributed by atoms with Crippen LogP contribution in [0.2, 0.25) is 0 Å². The predicted molar refractivity (Wildman–Crippen MR) is 87.5 cm³/mol. The molecule has 1 saturated heterocycles. The van der Waals surface area contributed by atoms with E-state index in [1.165, 1.54) is 25.3 Å². The molecule has 2 rings (SSSR count). The van der Waals surface area contributed by atoms with Crippen molar-refractivity contribution < 1.29 is 23.5 Å². The molecule has 1 aliphatic heterocycles. The lowest BCUT2D eigenvalue weighted by Crippen LogP contribution is -2.42. The maximum absolute atomic E-state index is 14.2. The number of ether oxygens (including phenoxy) is 2. The minimum atomic E-state index is -0.569. The summed E-state index contributed by atoms with van der Waals surface area (Å²) in [6.07, 6.45) is 1.11. The van der Waals surface area contributed by atoms with Gasteiger partial charge in [0.05, 0.1) is 12.7 Å². The fourth-order valence-electron chi connectivity index (χ4n) is 2.82. The van der Waals surface area contributed by atoms with Crippen LogP contribution in [0.25, 0.3) is 0 Å². The molecule has 0 spiro atoms. The Kier molecular flexibility index (Phi) is 5.47. The molecule has 1 aliphatic rings. The lowest BCUT2D eigenvalue weighted by atomic mass is 9.89. The van der Waals surface area contributed by atoms with E-state index in [1.54, 1.807) is 4.90 Å². The van der Waals surface area contributed by atoms with Crippen LogP contribution in [-0.4, -0.2) is 42.8 Å². The Bertz CT molecular complexity index is 624. The second-order valence-electron chi connectivity index (χ2n) is 6.99. The zero-order valence-electron chi connectivity index (χ0n) is 14.6. The summed E-state index contributed by atoms with van der Waals surface area (Å²) in [5.41, 5.74) is 0.175. The number of carbonyl (C=O) groups is 2. The van der Waals surface area contributed by atoms with Crippen molar-refractivity contribution in [2.24, 2.45) is 0 Å². The first-order valence-electron chi connectivity index (χ1n) is 8.07. The molecule has 132 valence electrons. The van der Waals surface area contributed by atoms with Crippen LogP contribution < -0.4 is 0 Å². The monoisotopic (exact) mass is 337 g/mol. The number of hydrogen-bond acceptors (Lipinski definition) is 4. The highest BCUT2D eigenvalue weighted by Crippen LogP contribution is 2.30. The molecule has 1 atom stereocenters. The van der Waals surface area contributed by atoms with Crippen molar-refractivity contribution in [3.8, 4) is 0 Å². The van der Waals surface area contributed by atoms with Crippen LogP contribution in [0, 0.1) is 5.82 Å². The Morgan fingerprint density at radius 3 is 2.62 bits per heavy atom. The van der Waals surface area contributed by atoms with Crippen LogP contribution >= 0.6 is 0 Å². The van der Waals surface area contributed by atoms with E-state index in [-0.39, 0.29) is 11.7 Å². The molecular formula is C18H24FNO4. The van der Waals surface area contributed by atoms with Gasteiger partial charge in [0.25, 0.3) is 0 Å². The van der Waals surface area contributed by atoms with Gasteiger partial charge in [-0.15, -0.1) is 0 Å². The van der Waals surface area contributed by atoms with Gasteiger partial charge in [-0.2, -0.15) is 0 Å². The third kappa shape index (κ3) is 4.46. The first-order chi connectivity index (χ1) is 11.2. The van der Waals surface area contributed by atoms with Gasteiger partial charge < -0.3 is 14.4 Å². The molecule has 0 aromatic heterocycles. The first kappa shape index (κ1) is 18.2. The van der Waals surface area contributed by atoms with E-state index >= 15 is 0 Å². The van der Waals surface area contributed by atoms with Crippen LogP contribution in [0.1, 0.15) is 55.5 Å². The summed E-state index contributed by atoms with van der Waals surface area (Å²) in [4.78, 5) is 25.5. The molecule has 0 aliphatic carbocycles. The molecule has 5 nitrogen and oxygen atoms in total. The van der Waals surface area contributed by atoms with Gasteiger partial charge in [0, 0.05) is 19.0 Å². The van der Waals surface area contributed by atoms with E-state index in [4.69, 9.17) is 4.74 Å². The normalized spacial score (nSPS) is 18.2. The number of amides is 1. The van der Waals surface area contributed by atoms with E-state index in [1.807, 2.05) is 20.8 Å². The summed E-state index contributed by atoms with van der Waals surface area (Å²) in [5.74, 6) is -1.05. The van der Waals surface area contributed by atoms with Crippen molar-refractivity contribution in [2.75, 3.05) is 20.2 Å². The first-order valence-corrected chi connectivity index (χ1v) is 8.07. The standard InChI is InChI=1S/C18H24FNO4/c1-18(2,3)24-17(22)20-9-5-6-13(11-20)14-10-12(16(21)23-4)7-8-15(14)19/h7-8,10,13H,5-6,9,11H2,1-4H3. The topological polar surface area (TPSA) is 55.8 Å². The number of carbonyl (C=O) groups excluding carboxylic acids is 2. The molecule has 0 N–H and O–H groups in total. The Morgan fingerprint density at radius 1 is 1.29 bits per heavy atom. The fraction of sp³-hybridized carbons (Fsp3) is 0.556. The zero-order chi connectivity index (χ0) is 17.9. The van der Waals surface area contributed by atoms with Gasteiger partial charge in [0.1, 0.15) is 11.4 Å². The summed E-state index contributed by atoms with van der Waals surface area (Å²) in [6, 6.07) is 4.19. The quantitative estimate of drug-likeness (QED) is 0.772. The third-order valence-electron chi connectivity index (χ3n) is 3.93. The number of halogens is 1. The number of esters is 1. The summed E-state index contributed by atoms with van der Waals surface area (Å²) in [5, 5.41) is 0. The fourth-order valence-corrected chi connectivity index (χ4v) is 2.82. The van der Waals surface area contributed by atoms with Crippen molar-refractivity contribution in [3.63, 3.8) is 0 Å². The van der Waals surface area contributed by atoms with Crippen LogP contribution in [0.3, 0.4) is 0 Å². The van der Waals surface area contributed by atoms with Crippen LogP contribution in [0.15, 0.2) is 18.2 Å². The van der Waals surface area contributed by atoms with E-state index in [9.17, 15) is 14.0 Å². The summed E-state index contributed by atoms with van der Waals surface area (Å²) >= 11 is 0. The molecule has 1 fully saturated rings. The minimum Gasteiger partial charge on any atom is -0.465 e. The Hall–Kier alpha value is -2.11. The summed E-state index contributed by atoms with van der Waals surface area (Å²) < 4.78 is 24.3. The number of likely N-dealkylation sites (tertiary alicyclic amines) is 1. The van der Waals surface area contributed by atoms with Crippen molar-refractivity contribution in [3.05, 3.63) is 35.1 Å². The summed E-state index contributed by atoms with van der Waals surface area (Å²) in [6.45, 7) is 6.39. The lowest BCUT2D eigenvalue weighted by molar-refractivity contribution is 0.0196. The molecule has 1 heterocycles. The number of methoxy groups -OCH3 is 1. The molecule has 0 bridgehead atoms. The lowest BCUT2D eigenvalue weighted by Gasteiger charge is -2.34. The van der Waals surface area contributed by atoms with Gasteiger partial charge in [-0.05, 0) is 57.4 Å². The van der Waals surface area contributed by atoms with E-state index in [0.717, 1.165) is 12.8 Å². The van der Waals surface area contributed by atoms with Gasteiger partial charge >= 0.3 is 12.1 Å². The Morgan fingerprint density at radius 2 is 2.00 bits per heavy atom. The molecular weight excluding hydrogens is 313 g/mol. The minimum absolute atomic E-state index is 0.170. The molecule has 1 amide bonds. The molecule has 6 heteroatoms. The van der Waals surface area contributed by atoms with Crippen molar-refractivity contribution in [1.29, 1.82) is 0 Å². The SMILES string of the molecule is COC(=O)c1ccc(F)c(C2CCCN(C(=O)OC(C)(C)C)C2)c1. The van der Waals surface area contributed by atoms with Crippen molar-refractivity contribution >= 4 is 12.1 Å². The molecule has 24 heavy (non-hydrogen) atoms. The van der Waals surface area contributed by atoms with Crippen LogP contribution in [0.5, 0.6) is 0 Å². The highest BCUT2D eigenvalue weighted by molar-refractivity contribution is 5.89. The van der Waals surface area contributed by atoms with Gasteiger partial charge in [-0.1, -0.05) is 0 Å². The van der Waals surface area contributed by atoms with Crippen LogP contribution in [0.4, 0.5) is 9.18 Å². The average Bonchev–Trinajstić information content (AvgIpc) is 2.53. The highest BCUT2D eigenvalue weighted by Gasteiger charge is 2.30. The van der Waals surface area contributed by atoms with Crippen molar-refractivity contribution in [2.45, 2.75) is 45.1 Å². The van der Waals surface area contributed by atoms with Gasteiger partial charge in [0.2, 0.25) is 0 Å². The number of hydrogen-bond donors (Lipinski definition) is 0. The molecule has 1 aromatic rings. The number of benzene rings is 1. The second kappa shape index (κ2) is 7.20. The average molecular weight is 337 g/mol. The highest BCUT2D eigenvalue weighted by atomic mass is 19.1. The number of piperidine rings is 1. The Labute approximate surface area is 141 Å². The molecule has 0 saturated carbocycles. The van der Waals surface area contributed by atoms with E-state index in [2.05, 4.69) is 4.74 Å². The largest absolute Gasteiger partial charge is 0.465 e. The zero-order valence-corrected chi connectivity index (χ0v) is 14.6. The molecule has 1 unspecified atom stereocenters. The Balaban J connectivity index is 2.17. The van der Waals surface area contributed by atoms with E-state index in [0.29, 0.717) is 24.2 Å². The van der Waals surface area contributed by atoms with Gasteiger partial charge in [0.15, 0.2) is 0 Å². The second-order valence-corrected chi connectivity index (χ2v) is 6.99. The third-order valence-corrected chi connectivity index (χ3v) is 3.93. The number of rotatable bonds is 2. The van der Waals surface area contributed by atoms with Crippen LogP contribution in [-0.2, 0) is 9.47 Å². The maximum atomic E-state index is 14.2. The predicted octanol–water partition coefficient (Wildman–Crippen LogP) is 3.73. The van der Waals surface area contributed by atoms with Gasteiger partial charge in [-0.25, -0.2) is 14.0 Å².